The lowest BCUT2D eigenvalue weighted by Crippen LogP contribution is -2.42. The minimum atomic E-state index is -0.632. The van der Waals surface area contributed by atoms with Crippen molar-refractivity contribution < 1.29 is 9.90 Å². The highest BCUT2D eigenvalue weighted by Gasteiger charge is 2.38. The van der Waals surface area contributed by atoms with Gasteiger partial charge in [0.2, 0.25) is 0 Å². The third kappa shape index (κ3) is 4.25. The van der Waals surface area contributed by atoms with Crippen molar-refractivity contribution in [1.29, 1.82) is 0 Å². The highest BCUT2D eigenvalue weighted by Crippen LogP contribution is 2.47. The number of hydrogen-bond donors (Lipinski definition) is 1. The molecule has 0 radical (unpaired) electrons. The van der Waals surface area contributed by atoms with E-state index in [4.69, 9.17) is 5.11 Å². The molecule has 0 unspecified atom stereocenters. The Labute approximate surface area is 151 Å². The van der Waals surface area contributed by atoms with E-state index in [1.807, 2.05) is 10.9 Å². The fraction of sp³-hybridized carbons (Fsp3) is 0.800. The van der Waals surface area contributed by atoms with Gasteiger partial charge in [-0.3, -0.25) is 14.4 Å². The molecule has 1 saturated heterocycles. The van der Waals surface area contributed by atoms with Gasteiger partial charge in [-0.25, -0.2) is 0 Å². The Morgan fingerprint density at radius 1 is 1.28 bits per heavy atom. The Morgan fingerprint density at radius 3 is 2.48 bits per heavy atom. The van der Waals surface area contributed by atoms with Crippen LogP contribution < -0.4 is 0 Å². The first kappa shape index (κ1) is 18.4. The Kier molecular flexibility index (Phi) is 5.52. The van der Waals surface area contributed by atoms with Crippen LogP contribution in [-0.4, -0.2) is 38.8 Å². The lowest BCUT2D eigenvalue weighted by atomic mass is 9.65. The van der Waals surface area contributed by atoms with Crippen molar-refractivity contribution in [1.82, 2.24) is 14.7 Å². The molecule has 1 N–H and O–H groups in total. The summed E-state index contributed by atoms with van der Waals surface area (Å²) in [6.07, 6.45) is 9.57. The van der Waals surface area contributed by atoms with Crippen LogP contribution in [0.2, 0.25) is 0 Å². The van der Waals surface area contributed by atoms with Gasteiger partial charge in [0.25, 0.3) is 0 Å². The summed E-state index contributed by atoms with van der Waals surface area (Å²) in [5.41, 5.74) is 3.21. The quantitative estimate of drug-likeness (QED) is 0.880. The molecule has 1 aliphatic carbocycles. The van der Waals surface area contributed by atoms with Gasteiger partial charge in [0.15, 0.2) is 0 Å². The molecule has 0 atom stereocenters. The average molecular weight is 348 g/mol. The minimum Gasteiger partial charge on any atom is -0.481 e. The van der Waals surface area contributed by atoms with E-state index >= 15 is 0 Å². The number of piperidine rings is 1. The first-order chi connectivity index (χ1) is 11.9. The number of aliphatic carboxylic acids is 1. The standard InChI is InChI=1S/C20H33N3O2/c1-15(2)17-13-21-22(3)18(17)14-23-10-8-20(9-11-23)6-4-16(5-7-20)12-19(24)25/h13,15-16H,4-12,14H2,1-3H3,(H,24,25). The van der Waals surface area contributed by atoms with Gasteiger partial charge in [-0.05, 0) is 74.4 Å². The van der Waals surface area contributed by atoms with Crippen LogP contribution in [0.15, 0.2) is 6.20 Å². The van der Waals surface area contributed by atoms with Crippen LogP contribution in [0.3, 0.4) is 0 Å². The number of aromatic nitrogens is 2. The van der Waals surface area contributed by atoms with Gasteiger partial charge in [-0.15, -0.1) is 0 Å². The number of rotatable bonds is 5. The van der Waals surface area contributed by atoms with Crippen LogP contribution in [0.25, 0.3) is 0 Å². The van der Waals surface area contributed by atoms with Gasteiger partial charge in [0, 0.05) is 20.0 Å². The fourth-order valence-corrected chi connectivity index (χ4v) is 4.79. The SMILES string of the molecule is CC(C)c1cnn(C)c1CN1CCC2(CCC(CC(=O)O)CC2)CC1. The second-order valence-electron chi connectivity index (χ2n) is 8.64. The molecular weight excluding hydrogens is 314 g/mol. The van der Waals surface area contributed by atoms with Gasteiger partial charge in [-0.2, -0.15) is 5.10 Å². The molecular formula is C20H33N3O2. The van der Waals surface area contributed by atoms with Gasteiger partial charge >= 0.3 is 5.97 Å². The molecule has 1 aromatic heterocycles. The van der Waals surface area contributed by atoms with Crippen LogP contribution in [0, 0.1) is 11.3 Å². The molecule has 1 saturated carbocycles. The highest BCUT2D eigenvalue weighted by molar-refractivity contribution is 5.67. The largest absolute Gasteiger partial charge is 0.481 e. The van der Waals surface area contributed by atoms with Crippen LogP contribution in [-0.2, 0) is 18.4 Å². The van der Waals surface area contributed by atoms with Crippen LogP contribution >= 0.6 is 0 Å². The van der Waals surface area contributed by atoms with E-state index in [0.717, 1.165) is 32.5 Å². The van der Waals surface area contributed by atoms with E-state index in [1.165, 1.54) is 36.9 Å². The lowest BCUT2D eigenvalue weighted by molar-refractivity contribution is -0.138. The van der Waals surface area contributed by atoms with Gasteiger partial charge in [0.1, 0.15) is 0 Å². The van der Waals surface area contributed by atoms with Gasteiger partial charge in [0.05, 0.1) is 11.9 Å². The number of likely N-dealkylation sites (tertiary alicyclic amines) is 1. The molecule has 5 heteroatoms. The molecule has 25 heavy (non-hydrogen) atoms. The zero-order valence-electron chi connectivity index (χ0n) is 16.0. The summed E-state index contributed by atoms with van der Waals surface area (Å²) in [5, 5.41) is 13.5. The van der Waals surface area contributed by atoms with Crippen LogP contribution in [0.4, 0.5) is 0 Å². The van der Waals surface area contributed by atoms with Gasteiger partial charge in [-0.1, -0.05) is 13.8 Å². The van der Waals surface area contributed by atoms with E-state index in [2.05, 4.69) is 30.9 Å². The Hall–Kier alpha value is -1.36. The third-order valence-corrected chi connectivity index (χ3v) is 6.64. The summed E-state index contributed by atoms with van der Waals surface area (Å²) in [7, 11) is 2.05. The summed E-state index contributed by atoms with van der Waals surface area (Å²) in [4.78, 5) is 13.5. The van der Waals surface area contributed by atoms with Crippen molar-refractivity contribution in [2.45, 2.75) is 71.3 Å². The summed E-state index contributed by atoms with van der Waals surface area (Å²) >= 11 is 0. The number of nitrogens with zero attached hydrogens (tertiary/aromatic N) is 3. The predicted molar refractivity (Wildman–Crippen MR) is 98.5 cm³/mol. The minimum absolute atomic E-state index is 0.362. The maximum Gasteiger partial charge on any atom is 0.303 e. The molecule has 2 fully saturated rings. The van der Waals surface area contributed by atoms with E-state index in [0.29, 0.717) is 23.7 Å². The zero-order valence-corrected chi connectivity index (χ0v) is 16.0. The predicted octanol–water partition coefficient (Wildman–Crippen LogP) is 3.79. The fourth-order valence-electron chi connectivity index (χ4n) is 4.79. The summed E-state index contributed by atoms with van der Waals surface area (Å²) in [5.74, 6) is 0.293. The van der Waals surface area contributed by atoms with Crippen LogP contribution in [0.5, 0.6) is 0 Å². The maximum absolute atomic E-state index is 10.9. The molecule has 2 aliphatic rings. The number of carbonyl (C=O) groups is 1. The maximum atomic E-state index is 10.9. The van der Waals surface area contributed by atoms with E-state index < -0.39 is 5.97 Å². The number of carboxylic acid groups (broad SMARTS) is 1. The molecule has 140 valence electrons. The highest BCUT2D eigenvalue weighted by atomic mass is 16.4. The average Bonchev–Trinajstić information content (AvgIpc) is 2.93. The molecule has 3 rings (SSSR count). The van der Waals surface area contributed by atoms with Crippen molar-refractivity contribution in [3.63, 3.8) is 0 Å². The topological polar surface area (TPSA) is 58.4 Å². The first-order valence-electron chi connectivity index (χ1n) is 9.83. The molecule has 2 heterocycles. The molecule has 1 aliphatic heterocycles. The number of hydrogen-bond acceptors (Lipinski definition) is 3. The van der Waals surface area contributed by atoms with Crippen molar-refractivity contribution in [2.75, 3.05) is 13.1 Å². The third-order valence-electron chi connectivity index (χ3n) is 6.64. The Bertz CT molecular complexity index is 590. The van der Waals surface area contributed by atoms with E-state index in [9.17, 15) is 4.79 Å². The molecule has 0 amide bonds. The zero-order chi connectivity index (χ0) is 18.0. The number of carboxylic acids is 1. The van der Waals surface area contributed by atoms with Crippen LogP contribution in [0.1, 0.15) is 76.0 Å². The first-order valence-corrected chi connectivity index (χ1v) is 9.83. The van der Waals surface area contributed by atoms with E-state index in [-0.39, 0.29) is 0 Å². The van der Waals surface area contributed by atoms with Crippen molar-refractivity contribution >= 4 is 5.97 Å². The summed E-state index contributed by atoms with van der Waals surface area (Å²) < 4.78 is 2.04. The molecule has 5 nitrogen and oxygen atoms in total. The molecule has 0 aromatic carbocycles. The molecule has 0 bridgehead atoms. The number of aryl methyl sites for hydroxylation is 1. The molecule has 1 aromatic rings. The lowest BCUT2D eigenvalue weighted by Gasteiger charge is -2.46. The second kappa shape index (κ2) is 7.48. The summed E-state index contributed by atoms with van der Waals surface area (Å²) in [6.45, 7) is 7.79. The summed E-state index contributed by atoms with van der Waals surface area (Å²) in [6, 6.07) is 0. The second-order valence-corrected chi connectivity index (χ2v) is 8.64. The normalized spacial score (nSPS) is 21.9. The Balaban J connectivity index is 1.53. The Morgan fingerprint density at radius 2 is 1.92 bits per heavy atom. The van der Waals surface area contributed by atoms with E-state index in [1.54, 1.807) is 0 Å². The smallest absolute Gasteiger partial charge is 0.303 e. The monoisotopic (exact) mass is 347 g/mol. The molecule has 1 spiro atoms. The van der Waals surface area contributed by atoms with Gasteiger partial charge < -0.3 is 5.11 Å². The van der Waals surface area contributed by atoms with Crippen molar-refractivity contribution in [2.24, 2.45) is 18.4 Å². The van der Waals surface area contributed by atoms with Crippen molar-refractivity contribution in [3.8, 4) is 0 Å². The van der Waals surface area contributed by atoms with Crippen molar-refractivity contribution in [3.05, 3.63) is 17.5 Å².